The standard InChI is InChI=1S/C15H22Cl2N2/c1-2-3-11-6-7-19(10-11)15(9-18)13-8-12(16)4-5-14(13)17/h4-5,8,11,15H,2-3,6-7,9-10,18H2,1H3. The van der Waals surface area contributed by atoms with Crippen molar-refractivity contribution in [2.75, 3.05) is 19.6 Å². The van der Waals surface area contributed by atoms with Crippen LogP contribution < -0.4 is 5.73 Å². The van der Waals surface area contributed by atoms with E-state index in [1.54, 1.807) is 0 Å². The van der Waals surface area contributed by atoms with Crippen molar-refractivity contribution in [1.82, 2.24) is 4.90 Å². The summed E-state index contributed by atoms with van der Waals surface area (Å²) in [7, 11) is 0. The second-order valence-electron chi connectivity index (χ2n) is 5.36. The lowest BCUT2D eigenvalue weighted by molar-refractivity contribution is 0.240. The third kappa shape index (κ3) is 3.63. The molecule has 1 aliphatic heterocycles. The van der Waals surface area contributed by atoms with Crippen molar-refractivity contribution in [2.45, 2.75) is 32.2 Å². The first kappa shape index (κ1) is 15.1. The molecular formula is C15H22Cl2N2. The van der Waals surface area contributed by atoms with Gasteiger partial charge in [-0.3, -0.25) is 4.90 Å². The molecule has 1 fully saturated rings. The molecule has 1 aromatic carbocycles. The molecule has 2 atom stereocenters. The molecule has 0 bridgehead atoms. The molecule has 2 unspecified atom stereocenters. The van der Waals surface area contributed by atoms with Crippen molar-refractivity contribution in [2.24, 2.45) is 11.7 Å². The summed E-state index contributed by atoms with van der Waals surface area (Å²) in [5.41, 5.74) is 7.04. The Balaban J connectivity index is 2.14. The van der Waals surface area contributed by atoms with Crippen LogP contribution in [0.1, 0.15) is 37.8 Å². The molecule has 0 spiro atoms. The maximum absolute atomic E-state index is 6.30. The number of hydrogen-bond acceptors (Lipinski definition) is 2. The van der Waals surface area contributed by atoms with Gasteiger partial charge >= 0.3 is 0 Å². The number of likely N-dealkylation sites (tertiary alicyclic amines) is 1. The number of halogens is 2. The lowest BCUT2D eigenvalue weighted by atomic mass is 10.0. The Hall–Kier alpha value is -0.280. The first-order valence-corrected chi connectivity index (χ1v) is 7.80. The molecule has 0 radical (unpaired) electrons. The summed E-state index contributed by atoms with van der Waals surface area (Å²) in [6.45, 7) is 5.06. The zero-order chi connectivity index (χ0) is 13.8. The normalized spacial score (nSPS) is 21.8. The number of nitrogens with zero attached hydrogens (tertiary/aromatic N) is 1. The number of benzene rings is 1. The molecule has 1 aliphatic rings. The van der Waals surface area contributed by atoms with Crippen LogP contribution in [0.5, 0.6) is 0 Å². The molecule has 0 aromatic heterocycles. The number of nitrogens with two attached hydrogens (primary N) is 1. The zero-order valence-corrected chi connectivity index (χ0v) is 12.9. The second-order valence-corrected chi connectivity index (χ2v) is 6.20. The highest BCUT2D eigenvalue weighted by Crippen LogP contribution is 2.33. The zero-order valence-electron chi connectivity index (χ0n) is 11.4. The van der Waals surface area contributed by atoms with E-state index in [1.807, 2.05) is 18.2 Å². The molecule has 2 rings (SSSR count). The predicted molar refractivity (Wildman–Crippen MR) is 82.8 cm³/mol. The van der Waals surface area contributed by atoms with Crippen LogP contribution in [0.15, 0.2) is 18.2 Å². The summed E-state index contributed by atoms with van der Waals surface area (Å²) < 4.78 is 0. The Labute approximate surface area is 125 Å². The molecule has 1 aromatic rings. The van der Waals surface area contributed by atoms with Crippen LogP contribution in [0.25, 0.3) is 0 Å². The van der Waals surface area contributed by atoms with E-state index in [2.05, 4.69) is 11.8 Å². The fraction of sp³-hybridized carbons (Fsp3) is 0.600. The van der Waals surface area contributed by atoms with E-state index in [4.69, 9.17) is 28.9 Å². The van der Waals surface area contributed by atoms with Gasteiger partial charge in [-0.05, 0) is 49.1 Å². The minimum absolute atomic E-state index is 0.188. The van der Waals surface area contributed by atoms with E-state index in [1.165, 1.54) is 19.3 Å². The average molecular weight is 301 g/mol. The molecule has 106 valence electrons. The maximum atomic E-state index is 6.30. The molecule has 1 saturated heterocycles. The molecular weight excluding hydrogens is 279 g/mol. The van der Waals surface area contributed by atoms with E-state index < -0.39 is 0 Å². The first-order valence-electron chi connectivity index (χ1n) is 7.04. The van der Waals surface area contributed by atoms with Crippen LogP contribution in [0.2, 0.25) is 10.0 Å². The average Bonchev–Trinajstić information content (AvgIpc) is 2.83. The van der Waals surface area contributed by atoms with Crippen LogP contribution in [0, 0.1) is 5.92 Å². The van der Waals surface area contributed by atoms with Crippen LogP contribution in [-0.4, -0.2) is 24.5 Å². The largest absolute Gasteiger partial charge is 0.329 e. The monoisotopic (exact) mass is 300 g/mol. The fourth-order valence-electron chi connectivity index (χ4n) is 3.03. The summed E-state index contributed by atoms with van der Waals surface area (Å²) in [6, 6.07) is 5.83. The highest BCUT2D eigenvalue weighted by Gasteiger charge is 2.29. The minimum atomic E-state index is 0.188. The molecule has 2 N–H and O–H groups in total. The van der Waals surface area contributed by atoms with Crippen LogP contribution in [-0.2, 0) is 0 Å². The van der Waals surface area contributed by atoms with Crippen LogP contribution in [0.3, 0.4) is 0 Å². The Morgan fingerprint density at radius 2 is 2.21 bits per heavy atom. The fourth-order valence-corrected chi connectivity index (χ4v) is 3.46. The summed E-state index contributed by atoms with van der Waals surface area (Å²) in [5.74, 6) is 0.803. The Morgan fingerprint density at radius 3 is 2.89 bits per heavy atom. The van der Waals surface area contributed by atoms with Crippen LogP contribution >= 0.6 is 23.2 Å². The Kier molecular flexibility index (Phi) is 5.52. The van der Waals surface area contributed by atoms with Gasteiger partial charge in [0.05, 0.1) is 0 Å². The van der Waals surface area contributed by atoms with Gasteiger partial charge in [0, 0.05) is 29.2 Å². The van der Waals surface area contributed by atoms with Gasteiger partial charge in [0.15, 0.2) is 0 Å². The van der Waals surface area contributed by atoms with Crippen molar-refractivity contribution < 1.29 is 0 Å². The number of rotatable bonds is 5. The van der Waals surface area contributed by atoms with Gasteiger partial charge < -0.3 is 5.73 Å². The Morgan fingerprint density at radius 1 is 1.42 bits per heavy atom. The maximum Gasteiger partial charge on any atom is 0.0485 e. The van der Waals surface area contributed by atoms with Gasteiger partial charge in [-0.25, -0.2) is 0 Å². The highest BCUT2D eigenvalue weighted by molar-refractivity contribution is 6.33. The van der Waals surface area contributed by atoms with Gasteiger partial charge in [-0.15, -0.1) is 0 Å². The summed E-state index contributed by atoms with van der Waals surface area (Å²) in [4.78, 5) is 2.46. The minimum Gasteiger partial charge on any atom is -0.329 e. The molecule has 19 heavy (non-hydrogen) atoms. The van der Waals surface area contributed by atoms with Gasteiger partial charge in [0.1, 0.15) is 0 Å². The van der Waals surface area contributed by atoms with E-state index in [9.17, 15) is 0 Å². The molecule has 2 nitrogen and oxygen atoms in total. The lowest BCUT2D eigenvalue weighted by Gasteiger charge is -2.28. The van der Waals surface area contributed by atoms with Gasteiger partial charge in [-0.2, -0.15) is 0 Å². The van der Waals surface area contributed by atoms with E-state index in [0.717, 1.165) is 34.6 Å². The van der Waals surface area contributed by atoms with Crippen molar-refractivity contribution in [1.29, 1.82) is 0 Å². The van der Waals surface area contributed by atoms with E-state index in [-0.39, 0.29) is 6.04 Å². The molecule has 1 heterocycles. The Bertz CT molecular complexity index is 423. The summed E-state index contributed by atoms with van der Waals surface area (Å²) in [6.07, 6.45) is 3.82. The van der Waals surface area contributed by atoms with Gasteiger partial charge in [0.25, 0.3) is 0 Å². The smallest absolute Gasteiger partial charge is 0.0485 e. The predicted octanol–water partition coefficient (Wildman–Crippen LogP) is 4.12. The second kappa shape index (κ2) is 6.94. The molecule has 0 aliphatic carbocycles. The summed E-state index contributed by atoms with van der Waals surface area (Å²) >= 11 is 12.4. The topological polar surface area (TPSA) is 29.3 Å². The third-order valence-electron chi connectivity index (χ3n) is 4.00. The van der Waals surface area contributed by atoms with E-state index >= 15 is 0 Å². The van der Waals surface area contributed by atoms with Crippen molar-refractivity contribution in [3.63, 3.8) is 0 Å². The molecule has 0 saturated carbocycles. The first-order chi connectivity index (χ1) is 9.15. The van der Waals surface area contributed by atoms with Crippen molar-refractivity contribution >= 4 is 23.2 Å². The SMILES string of the molecule is CCCC1CCN(C(CN)c2cc(Cl)ccc2Cl)C1. The third-order valence-corrected chi connectivity index (χ3v) is 4.57. The van der Waals surface area contributed by atoms with Gasteiger partial charge in [0.2, 0.25) is 0 Å². The number of hydrogen-bond donors (Lipinski definition) is 1. The van der Waals surface area contributed by atoms with E-state index in [0.29, 0.717) is 6.54 Å². The summed E-state index contributed by atoms with van der Waals surface area (Å²) in [5, 5.41) is 1.49. The van der Waals surface area contributed by atoms with Crippen molar-refractivity contribution in [3.05, 3.63) is 33.8 Å². The lowest BCUT2D eigenvalue weighted by Crippen LogP contribution is -2.32. The van der Waals surface area contributed by atoms with Crippen LogP contribution in [0.4, 0.5) is 0 Å². The quantitative estimate of drug-likeness (QED) is 0.886. The van der Waals surface area contributed by atoms with Crippen molar-refractivity contribution in [3.8, 4) is 0 Å². The molecule has 4 heteroatoms. The highest BCUT2D eigenvalue weighted by atomic mass is 35.5. The van der Waals surface area contributed by atoms with Gasteiger partial charge in [-0.1, -0.05) is 36.5 Å². The molecule has 0 amide bonds.